The molecule has 0 aliphatic heterocycles. The van der Waals surface area contributed by atoms with E-state index in [4.69, 9.17) is 10.2 Å². The first-order chi connectivity index (χ1) is 13.2. The number of hydrogen-bond acceptors (Lipinski definition) is 3. The van der Waals surface area contributed by atoms with Gasteiger partial charge in [-0.05, 0) is 91.7 Å². The number of nitrogens with two attached hydrogens (primary N) is 1. The van der Waals surface area contributed by atoms with Crippen LogP contribution in [0, 0.1) is 28.6 Å². The lowest BCUT2D eigenvalue weighted by atomic mass is 9.52. The minimum atomic E-state index is -1.80. The van der Waals surface area contributed by atoms with E-state index in [0.717, 1.165) is 45.1 Å². The molecular formula is C25H47NO2Si. The van der Waals surface area contributed by atoms with Crippen LogP contribution in [0.3, 0.4) is 0 Å². The molecule has 3 rings (SSSR count). The van der Waals surface area contributed by atoms with Crippen LogP contribution in [0.5, 0.6) is 0 Å². The SMILES string of the molecule is C=C1CCC2[C@H](O)C([C@@]3(C)CC[C@H](N)C[C@@H]3CO[Si](C)(C)C(C)(C)C)CC[C@]12C. The summed E-state index contributed by atoms with van der Waals surface area (Å²) in [5, 5.41) is 11.8. The fourth-order valence-corrected chi connectivity index (χ4v) is 7.51. The third-order valence-electron chi connectivity index (χ3n) is 10.1. The van der Waals surface area contributed by atoms with Crippen LogP contribution in [0.4, 0.5) is 0 Å². The Bertz CT molecular complexity index is 627. The van der Waals surface area contributed by atoms with Crippen LogP contribution in [0.2, 0.25) is 18.1 Å². The zero-order chi connectivity index (χ0) is 21.8. The van der Waals surface area contributed by atoms with Gasteiger partial charge in [0.1, 0.15) is 0 Å². The van der Waals surface area contributed by atoms with Crippen molar-refractivity contribution in [1.29, 1.82) is 0 Å². The maximum absolute atomic E-state index is 11.6. The Morgan fingerprint density at radius 2 is 1.79 bits per heavy atom. The standard InChI is InChI=1S/C25H47NO2Si/c1-17-9-10-20-22(27)21(12-14-24(17,20)5)25(6)13-11-19(26)15-18(25)16-28-29(7,8)23(2,3)4/h18-22,27H,1,9-16,26H2,2-8H3/t18-,19+,20?,21?,22+,24-,25+/m1/s1. The van der Waals surface area contributed by atoms with E-state index in [2.05, 4.69) is 54.3 Å². The number of rotatable bonds is 4. The quantitative estimate of drug-likeness (QED) is 0.440. The fourth-order valence-electron chi connectivity index (χ4n) is 6.46. The van der Waals surface area contributed by atoms with Gasteiger partial charge in [-0.15, -0.1) is 0 Å². The van der Waals surface area contributed by atoms with Crippen LogP contribution in [-0.4, -0.2) is 32.2 Å². The lowest BCUT2D eigenvalue weighted by Crippen LogP contribution is -2.55. The molecule has 0 radical (unpaired) electrons. The summed E-state index contributed by atoms with van der Waals surface area (Å²) in [5.41, 5.74) is 8.07. The van der Waals surface area contributed by atoms with Crippen molar-refractivity contribution in [1.82, 2.24) is 0 Å². The first-order valence-corrected chi connectivity index (χ1v) is 14.9. The molecule has 3 aliphatic rings. The summed E-state index contributed by atoms with van der Waals surface area (Å²) in [6.45, 7) is 21.6. The van der Waals surface area contributed by atoms with Crippen LogP contribution < -0.4 is 5.73 Å². The normalized spacial score (nSPS) is 44.0. The van der Waals surface area contributed by atoms with Gasteiger partial charge in [0.25, 0.3) is 0 Å². The second-order valence-electron chi connectivity index (χ2n) is 12.6. The zero-order valence-corrected chi connectivity index (χ0v) is 21.2. The van der Waals surface area contributed by atoms with Crippen LogP contribution in [0.1, 0.15) is 79.6 Å². The molecule has 0 aromatic carbocycles. The molecule has 0 aromatic heterocycles. The molecule has 0 saturated heterocycles. The van der Waals surface area contributed by atoms with Gasteiger partial charge in [-0.1, -0.05) is 46.8 Å². The van der Waals surface area contributed by atoms with Crippen LogP contribution in [0.15, 0.2) is 12.2 Å². The highest BCUT2D eigenvalue weighted by Gasteiger charge is 2.56. The molecule has 0 heterocycles. The summed E-state index contributed by atoms with van der Waals surface area (Å²) in [4.78, 5) is 0. The molecule has 0 spiro atoms. The van der Waals surface area contributed by atoms with Gasteiger partial charge < -0.3 is 15.3 Å². The second-order valence-corrected chi connectivity index (χ2v) is 17.4. The van der Waals surface area contributed by atoms with Crippen molar-refractivity contribution >= 4 is 8.32 Å². The van der Waals surface area contributed by atoms with E-state index in [9.17, 15) is 5.11 Å². The molecule has 0 bridgehead atoms. The number of aliphatic hydroxyl groups is 1. The fraction of sp³-hybridized carbons (Fsp3) is 0.920. The van der Waals surface area contributed by atoms with Crippen LogP contribution in [0.25, 0.3) is 0 Å². The average molecular weight is 422 g/mol. The van der Waals surface area contributed by atoms with E-state index >= 15 is 0 Å². The van der Waals surface area contributed by atoms with Crippen molar-refractivity contribution < 1.29 is 9.53 Å². The molecule has 0 aromatic rings. The number of fused-ring (bicyclic) bond motifs is 1. The van der Waals surface area contributed by atoms with Gasteiger partial charge in [-0.25, -0.2) is 0 Å². The topological polar surface area (TPSA) is 55.5 Å². The Hall–Kier alpha value is -0.163. The van der Waals surface area contributed by atoms with E-state index in [1.54, 1.807) is 0 Å². The minimum absolute atomic E-state index is 0.114. The summed E-state index contributed by atoms with van der Waals surface area (Å²) in [5.74, 6) is 1.17. The van der Waals surface area contributed by atoms with Gasteiger partial charge in [0.15, 0.2) is 8.32 Å². The minimum Gasteiger partial charge on any atom is -0.417 e. The highest BCUT2D eigenvalue weighted by molar-refractivity contribution is 6.74. The third kappa shape index (κ3) is 4.04. The predicted octanol–water partition coefficient (Wildman–Crippen LogP) is 5.89. The van der Waals surface area contributed by atoms with Crippen molar-refractivity contribution in [2.45, 2.75) is 110 Å². The van der Waals surface area contributed by atoms with Gasteiger partial charge >= 0.3 is 0 Å². The van der Waals surface area contributed by atoms with Gasteiger partial charge in [0.05, 0.1) is 6.10 Å². The molecule has 4 heteroatoms. The molecule has 3 fully saturated rings. The molecule has 3 N–H and O–H groups in total. The van der Waals surface area contributed by atoms with Crippen LogP contribution >= 0.6 is 0 Å². The molecule has 3 aliphatic carbocycles. The molecule has 2 unspecified atom stereocenters. The second kappa shape index (κ2) is 7.76. The van der Waals surface area contributed by atoms with E-state index in [-0.39, 0.29) is 28.0 Å². The highest BCUT2D eigenvalue weighted by Crippen LogP contribution is 2.61. The monoisotopic (exact) mass is 421 g/mol. The van der Waals surface area contributed by atoms with Crippen molar-refractivity contribution in [2.24, 2.45) is 34.3 Å². The van der Waals surface area contributed by atoms with Crippen molar-refractivity contribution in [3.8, 4) is 0 Å². The number of aliphatic hydroxyl groups excluding tert-OH is 1. The van der Waals surface area contributed by atoms with Crippen LogP contribution in [-0.2, 0) is 4.43 Å². The molecule has 0 amide bonds. The molecule has 3 nitrogen and oxygen atoms in total. The Morgan fingerprint density at radius 3 is 2.41 bits per heavy atom. The lowest BCUT2D eigenvalue weighted by Gasteiger charge is -2.55. The van der Waals surface area contributed by atoms with E-state index in [1.807, 2.05) is 0 Å². The van der Waals surface area contributed by atoms with Gasteiger partial charge in [-0.3, -0.25) is 0 Å². The summed E-state index contributed by atoms with van der Waals surface area (Å²) in [6, 6.07) is 0.272. The summed E-state index contributed by atoms with van der Waals surface area (Å²) in [7, 11) is -1.80. The van der Waals surface area contributed by atoms with Crippen molar-refractivity contribution in [3.63, 3.8) is 0 Å². The first kappa shape index (κ1) is 23.5. The zero-order valence-electron chi connectivity index (χ0n) is 20.2. The lowest BCUT2D eigenvalue weighted by molar-refractivity contribution is -0.114. The Morgan fingerprint density at radius 1 is 1.14 bits per heavy atom. The largest absolute Gasteiger partial charge is 0.417 e. The predicted molar refractivity (Wildman–Crippen MR) is 125 cm³/mol. The van der Waals surface area contributed by atoms with Gasteiger partial charge in [-0.2, -0.15) is 0 Å². The van der Waals surface area contributed by atoms with Crippen molar-refractivity contribution in [2.75, 3.05) is 6.61 Å². The Kier molecular flexibility index (Phi) is 6.29. The molecule has 29 heavy (non-hydrogen) atoms. The van der Waals surface area contributed by atoms with Gasteiger partial charge in [0, 0.05) is 12.6 Å². The highest BCUT2D eigenvalue weighted by atomic mass is 28.4. The number of hydrogen-bond donors (Lipinski definition) is 2. The molecule has 3 saturated carbocycles. The summed E-state index contributed by atoms with van der Waals surface area (Å²) >= 11 is 0. The maximum Gasteiger partial charge on any atom is 0.191 e. The maximum atomic E-state index is 11.6. The summed E-state index contributed by atoms with van der Waals surface area (Å²) < 4.78 is 6.71. The smallest absolute Gasteiger partial charge is 0.191 e. The van der Waals surface area contributed by atoms with Gasteiger partial charge in [0.2, 0.25) is 0 Å². The Labute approximate surface area is 181 Å². The third-order valence-corrected chi connectivity index (χ3v) is 14.6. The number of allylic oxidation sites excluding steroid dienone is 1. The van der Waals surface area contributed by atoms with E-state index < -0.39 is 8.32 Å². The summed E-state index contributed by atoms with van der Waals surface area (Å²) in [6.07, 6.45) is 7.48. The first-order valence-electron chi connectivity index (χ1n) is 12.0. The van der Waals surface area contributed by atoms with Crippen molar-refractivity contribution in [3.05, 3.63) is 12.2 Å². The average Bonchev–Trinajstić information content (AvgIpc) is 2.91. The van der Waals surface area contributed by atoms with E-state index in [0.29, 0.717) is 17.8 Å². The Balaban J connectivity index is 1.81. The molecule has 168 valence electrons. The molecule has 7 atom stereocenters. The van der Waals surface area contributed by atoms with E-state index in [1.165, 1.54) is 12.0 Å². The molecular weight excluding hydrogens is 374 g/mol.